The summed E-state index contributed by atoms with van der Waals surface area (Å²) >= 11 is 0. The molecule has 12 aromatic rings. The molecule has 0 aromatic carbocycles. The Morgan fingerprint density at radius 2 is 0.479 bits per heavy atom. The number of carbonyl (C=O) groups is 16. The van der Waals surface area contributed by atoms with E-state index >= 15 is 0 Å². The molecule has 12 aromatic heterocycles. The van der Waals surface area contributed by atoms with Gasteiger partial charge in [0.2, 0.25) is 29.5 Å². The van der Waals surface area contributed by atoms with Crippen molar-refractivity contribution >= 4 is 169 Å². The minimum atomic E-state index is -0.581. The molecule has 0 unspecified atom stereocenters. The Morgan fingerprint density at radius 3 is 0.739 bits per heavy atom. The molecule has 0 aliphatic carbocycles. The quantitative estimate of drug-likeness (QED) is 0.0147. The number of nitrogens with one attached hydrogen (secondary N) is 16. The van der Waals surface area contributed by atoms with Gasteiger partial charge in [0.1, 0.15) is 62.6 Å². The standard InChI is InChI=1S/C92H114N34O16/c1-114(27-15-21-93)28-16-23-96-75(127)18-24-98-81(132)64-33-57(45-116(64)3)106-88(139)71-38-61(49-123(71)10)110-89(140)72-37-60(48-124(72)11)109-86(137)69-31-54(42-121(69)8)103-77(129)19-25-99-82(133)65-34-56(44-117(65)4)104-84(135)67-29-52(40-119(67)6)101-76(128)17-14-22-97-80(131)63-32-55(43-115(63)2)105-87(138)70-36-59(47-122(70)9)108-85(136)68-30-53(41-120(68)7)102-78(130)20-26-100-83(134)66-35-58(46-118(66)5)107-90(141)73-39-62(50-125(73)12)111-91(142)79-112-74(51-126(79)13)113-92(94)95/h29-51H,14-28,93H2,1-13H3,(H,96,127)(H,97,131)(H,98,132)(H,99,133)(H,100,134)(H,101,128)(H,102,130)(H,103,129)(H,104,135)(H,105,138)(H,106,139)(H,107,141)(H,108,136)(H,109,137)(H,110,140)(H,111,142)(H4,94,95,113). The van der Waals surface area contributed by atoms with Crippen molar-refractivity contribution in [1.29, 1.82) is 0 Å². The van der Waals surface area contributed by atoms with Crippen molar-refractivity contribution in [2.24, 2.45) is 107 Å². The maximum absolute atomic E-state index is 13.6. The number of hydrogen-bond donors (Lipinski definition) is 19. The molecule has 0 aliphatic rings. The van der Waals surface area contributed by atoms with Crippen LogP contribution in [0.3, 0.4) is 0 Å². The molecule has 748 valence electrons. The van der Waals surface area contributed by atoms with Crippen LogP contribution in [-0.2, 0) is 104 Å². The van der Waals surface area contributed by atoms with Gasteiger partial charge in [0.25, 0.3) is 70.9 Å². The molecule has 0 fully saturated rings. The van der Waals surface area contributed by atoms with E-state index in [0.29, 0.717) is 41.5 Å². The van der Waals surface area contributed by atoms with Crippen molar-refractivity contribution < 1.29 is 76.7 Å². The molecule has 0 saturated carbocycles. The first kappa shape index (κ1) is 103. The van der Waals surface area contributed by atoms with Gasteiger partial charge in [0, 0.05) is 211 Å². The van der Waals surface area contributed by atoms with Crippen LogP contribution in [0.4, 0.5) is 68.4 Å². The van der Waals surface area contributed by atoms with E-state index in [9.17, 15) is 76.7 Å². The molecular formula is C92H114N34O16. The highest BCUT2D eigenvalue weighted by atomic mass is 16.2. The largest absolute Gasteiger partial charge is 0.370 e. The first-order valence-electron chi connectivity index (χ1n) is 44.6. The van der Waals surface area contributed by atoms with Crippen molar-refractivity contribution in [3.63, 3.8) is 0 Å². The first-order valence-corrected chi connectivity index (χ1v) is 44.6. The third-order valence-electron chi connectivity index (χ3n) is 22.4. The zero-order valence-electron chi connectivity index (χ0n) is 80.4. The molecule has 0 spiro atoms. The van der Waals surface area contributed by atoms with Crippen molar-refractivity contribution in [1.82, 2.24) is 91.3 Å². The fourth-order valence-corrected chi connectivity index (χ4v) is 15.3. The van der Waals surface area contributed by atoms with Crippen LogP contribution in [0, 0.1) is 0 Å². The smallest absolute Gasteiger partial charge is 0.291 e. The van der Waals surface area contributed by atoms with Crippen LogP contribution in [-0.4, -0.2) is 225 Å². The van der Waals surface area contributed by atoms with Crippen LogP contribution in [0.1, 0.15) is 171 Å². The summed E-state index contributed by atoms with van der Waals surface area (Å²) in [7, 11) is 21.3. The lowest BCUT2D eigenvalue weighted by molar-refractivity contribution is -0.121. The highest BCUT2D eigenvalue weighted by Gasteiger charge is 2.28. The van der Waals surface area contributed by atoms with Gasteiger partial charge >= 0.3 is 0 Å². The minimum absolute atomic E-state index is 0.0132. The summed E-state index contributed by atoms with van der Waals surface area (Å²) in [6.07, 6.45) is 20.0. The number of imidazole rings is 1. The Balaban J connectivity index is 0.512. The predicted octanol–water partition coefficient (Wildman–Crippen LogP) is 3.64. The summed E-state index contributed by atoms with van der Waals surface area (Å²) in [6.45, 7) is 2.87. The number of nitrogens with two attached hydrogens (primary N) is 3. The van der Waals surface area contributed by atoms with E-state index in [4.69, 9.17) is 17.2 Å². The van der Waals surface area contributed by atoms with E-state index in [1.165, 1.54) is 173 Å². The van der Waals surface area contributed by atoms with E-state index in [2.05, 4.69) is 99.9 Å². The minimum Gasteiger partial charge on any atom is -0.370 e. The van der Waals surface area contributed by atoms with Gasteiger partial charge in [-0.3, -0.25) is 76.7 Å². The van der Waals surface area contributed by atoms with Crippen LogP contribution in [0.25, 0.3) is 0 Å². The monoisotopic (exact) mass is 1950 g/mol. The molecule has 0 atom stereocenters. The van der Waals surface area contributed by atoms with Gasteiger partial charge in [-0.25, -0.2) is 4.98 Å². The first-order chi connectivity index (χ1) is 67.5. The van der Waals surface area contributed by atoms with E-state index in [0.717, 1.165) is 25.9 Å². The lowest BCUT2D eigenvalue weighted by atomic mass is 10.2. The Bertz CT molecular complexity index is 6900. The van der Waals surface area contributed by atoms with Gasteiger partial charge in [-0.2, -0.15) is 4.99 Å². The van der Waals surface area contributed by atoms with Crippen LogP contribution in [0.2, 0.25) is 0 Å². The maximum atomic E-state index is 13.6. The summed E-state index contributed by atoms with van der Waals surface area (Å²) in [6, 6.07) is 16.1. The van der Waals surface area contributed by atoms with E-state index in [1.54, 1.807) is 108 Å². The molecule has 50 heteroatoms. The van der Waals surface area contributed by atoms with E-state index < -0.39 is 88.6 Å². The van der Waals surface area contributed by atoms with Gasteiger partial charge in [-0.15, -0.1) is 0 Å². The summed E-state index contributed by atoms with van der Waals surface area (Å²) in [4.78, 5) is 223. The number of guanidine groups is 1. The summed E-state index contributed by atoms with van der Waals surface area (Å²) < 4.78 is 18.0. The fraction of sp³-hybridized carbons (Fsp3) is 0.304. The average molecular weight is 1950 g/mol. The highest BCUT2D eigenvalue weighted by Crippen LogP contribution is 2.28. The van der Waals surface area contributed by atoms with Crippen molar-refractivity contribution in [3.05, 3.63) is 210 Å². The Morgan fingerprint density at radius 1 is 0.261 bits per heavy atom. The maximum Gasteiger partial charge on any atom is 0.291 e. The van der Waals surface area contributed by atoms with Crippen LogP contribution in [0.5, 0.6) is 0 Å². The number of hydrogen-bond acceptors (Lipinski definition) is 20. The molecule has 0 saturated heterocycles. The molecule has 0 radical (unpaired) electrons. The van der Waals surface area contributed by atoms with E-state index in [-0.39, 0.29) is 179 Å². The average Bonchev–Trinajstić information content (AvgIpc) is 1.68. The third-order valence-corrected chi connectivity index (χ3v) is 22.4. The molecule has 0 bridgehead atoms. The number of nitrogens with zero attached hydrogens (tertiary/aromatic N) is 15. The molecule has 50 nitrogen and oxygen atoms in total. The lowest BCUT2D eigenvalue weighted by Crippen LogP contribution is -2.33. The number of carbonyl (C=O) groups excluding carboxylic acids is 16. The van der Waals surface area contributed by atoms with Crippen LogP contribution >= 0.6 is 0 Å². The number of aryl methyl sites for hydroxylation is 12. The number of anilines is 11. The fourth-order valence-electron chi connectivity index (χ4n) is 15.3. The molecule has 12 rings (SSSR count). The predicted molar refractivity (Wildman–Crippen MR) is 529 cm³/mol. The van der Waals surface area contributed by atoms with Crippen molar-refractivity contribution in [3.8, 4) is 0 Å². The van der Waals surface area contributed by atoms with Gasteiger partial charge in [0.15, 0.2) is 11.8 Å². The molecule has 142 heavy (non-hydrogen) atoms. The second-order valence-electron chi connectivity index (χ2n) is 33.8. The highest BCUT2D eigenvalue weighted by molar-refractivity contribution is 6.13. The van der Waals surface area contributed by atoms with Gasteiger partial charge in [0.05, 0.1) is 68.8 Å². The van der Waals surface area contributed by atoms with Gasteiger partial charge in [-0.1, -0.05) is 0 Å². The SMILES string of the molecule is CN(CCCN)CCCNC(=O)CCNC(=O)c1cc(NC(=O)c2cc(NC(=O)c3cc(NC(=O)c4cc(NC(=O)CCNC(=O)c5cc(NC(=O)c6cc(NC(=O)CCCNC(=O)c7cc(NC(=O)c8cc(NC(=O)c9cc(NC(=O)CCNC(=O)c%10cc(NC(=O)c%11cc(NC(=O)c%12nc(N=C(N)N)cn%12C)cn%11C)cn%10C)cn9C)cn8C)cn7C)cn6C)cn5C)cn4C)cn3C)cn2C)cn1C. The zero-order valence-corrected chi connectivity index (χ0v) is 80.4. The number of amides is 16. The summed E-state index contributed by atoms with van der Waals surface area (Å²) in [5, 5.41) is 44.1. The topological polar surface area (TPSA) is 631 Å². The molecular weight excluding hydrogens is 1840 g/mol. The second kappa shape index (κ2) is 45.8. The number of aliphatic imine (C=N–C) groups is 1. The Hall–Kier alpha value is -18.0. The molecule has 12 heterocycles. The summed E-state index contributed by atoms with van der Waals surface area (Å²) in [5.41, 5.74) is 21.6. The number of rotatable bonds is 44. The van der Waals surface area contributed by atoms with Crippen LogP contribution in [0.15, 0.2) is 146 Å². The van der Waals surface area contributed by atoms with Crippen molar-refractivity contribution in [2.45, 2.75) is 44.9 Å². The number of aromatic nitrogens is 13. The summed E-state index contributed by atoms with van der Waals surface area (Å²) in [5.74, 6) is -8.08. The van der Waals surface area contributed by atoms with E-state index in [1.807, 2.05) is 7.05 Å². The second-order valence-corrected chi connectivity index (χ2v) is 33.8. The van der Waals surface area contributed by atoms with Crippen molar-refractivity contribution in [2.75, 3.05) is 118 Å². The third kappa shape index (κ3) is 26.8. The Labute approximate surface area is 812 Å². The van der Waals surface area contributed by atoms with Crippen LogP contribution < -0.4 is 102 Å². The zero-order chi connectivity index (χ0) is 103. The van der Waals surface area contributed by atoms with Gasteiger partial charge in [-0.05, 0) is 113 Å². The molecule has 22 N–H and O–H groups in total. The molecule has 0 aliphatic heterocycles. The normalized spacial score (nSPS) is 11.0. The molecule has 16 amide bonds. The lowest BCUT2D eigenvalue weighted by Gasteiger charge is -2.15. The van der Waals surface area contributed by atoms with Gasteiger partial charge < -0.3 is 162 Å². The Kier molecular flexibility index (Phi) is 33.2.